The Balaban J connectivity index is 2.47. The number of rotatable bonds is 5. The summed E-state index contributed by atoms with van der Waals surface area (Å²) in [4.78, 5) is 4.94. The predicted molar refractivity (Wildman–Crippen MR) is 73.3 cm³/mol. The smallest absolute Gasteiger partial charge is 0.194 e. The minimum atomic E-state index is -1.44. The van der Waals surface area contributed by atoms with Gasteiger partial charge in [0.15, 0.2) is 17.5 Å². The van der Waals surface area contributed by atoms with E-state index in [9.17, 15) is 13.2 Å². The van der Waals surface area contributed by atoms with Crippen LogP contribution in [0.15, 0.2) is 17.6 Å². The highest BCUT2D eigenvalue weighted by atomic mass is 32.1. The summed E-state index contributed by atoms with van der Waals surface area (Å²) < 4.78 is 40.5. The normalized spacial score (nSPS) is 12.7. The first-order chi connectivity index (χ1) is 9.56. The predicted octanol–water partition coefficient (Wildman–Crippen LogP) is 3.96. The number of hydrogen-bond acceptors (Lipinski definition) is 3. The van der Waals surface area contributed by atoms with Gasteiger partial charge in [0.25, 0.3) is 0 Å². The number of thiazole rings is 1. The molecule has 2 rings (SSSR count). The van der Waals surface area contributed by atoms with E-state index in [4.69, 9.17) is 0 Å². The molecule has 0 spiro atoms. The first kappa shape index (κ1) is 15.0. The van der Waals surface area contributed by atoms with E-state index in [1.54, 1.807) is 5.51 Å². The molecule has 2 aromatic rings. The van der Waals surface area contributed by atoms with Crippen molar-refractivity contribution in [2.75, 3.05) is 6.54 Å². The summed E-state index contributed by atoms with van der Waals surface area (Å²) in [6, 6.07) is 1.71. The van der Waals surface area contributed by atoms with Crippen LogP contribution in [0.2, 0.25) is 0 Å². The van der Waals surface area contributed by atoms with Crippen LogP contribution >= 0.6 is 11.3 Å². The fourth-order valence-electron chi connectivity index (χ4n) is 1.98. The maximum atomic E-state index is 14.0. The Bertz CT molecular complexity index is 598. The molecule has 1 aromatic heterocycles. The van der Waals surface area contributed by atoms with Crippen LogP contribution in [0.25, 0.3) is 0 Å². The van der Waals surface area contributed by atoms with Crippen molar-refractivity contribution >= 4 is 11.3 Å². The number of nitrogens with one attached hydrogen (secondary N) is 1. The quantitative estimate of drug-likeness (QED) is 0.846. The summed E-state index contributed by atoms with van der Waals surface area (Å²) >= 11 is 1.37. The summed E-state index contributed by atoms with van der Waals surface area (Å²) in [5.41, 5.74) is 2.51. The molecule has 0 saturated carbocycles. The van der Waals surface area contributed by atoms with Gasteiger partial charge in [0, 0.05) is 10.4 Å². The lowest BCUT2D eigenvalue weighted by atomic mass is 10.0. The molecule has 6 heteroatoms. The first-order valence-electron chi connectivity index (χ1n) is 6.33. The fraction of sp³-hybridized carbons (Fsp3) is 0.357. The third-order valence-electron chi connectivity index (χ3n) is 3.02. The standard InChI is InChI=1S/C14H15F3N2S/c1-3-6-18-13(14-8(2)19-7-20-14)9-4-5-10(15)12(17)11(9)16/h4-5,7,13,18H,3,6H2,1-2H3. The molecular formula is C14H15F3N2S. The highest BCUT2D eigenvalue weighted by molar-refractivity contribution is 7.09. The van der Waals surface area contributed by atoms with Crippen molar-refractivity contribution < 1.29 is 13.2 Å². The van der Waals surface area contributed by atoms with Crippen molar-refractivity contribution in [2.24, 2.45) is 0 Å². The first-order valence-corrected chi connectivity index (χ1v) is 7.21. The Kier molecular flexibility index (Phi) is 4.77. The van der Waals surface area contributed by atoms with Crippen LogP contribution in [0.3, 0.4) is 0 Å². The van der Waals surface area contributed by atoms with E-state index in [0.717, 1.165) is 23.1 Å². The van der Waals surface area contributed by atoms with E-state index < -0.39 is 23.5 Å². The van der Waals surface area contributed by atoms with Gasteiger partial charge in [0.2, 0.25) is 0 Å². The van der Waals surface area contributed by atoms with Crippen LogP contribution in [-0.4, -0.2) is 11.5 Å². The van der Waals surface area contributed by atoms with Gasteiger partial charge in [-0.3, -0.25) is 0 Å². The second-order valence-corrected chi connectivity index (χ2v) is 5.34. The summed E-state index contributed by atoms with van der Waals surface area (Å²) in [5.74, 6) is -3.76. The van der Waals surface area contributed by atoms with E-state index in [0.29, 0.717) is 6.54 Å². The van der Waals surface area contributed by atoms with Crippen molar-refractivity contribution in [3.8, 4) is 0 Å². The average molecular weight is 300 g/mol. The van der Waals surface area contributed by atoms with Gasteiger partial charge in [0.1, 0.15) is 0 Å². The van der Waals surface area contributed by atoms with Gasteiger partial charge in [-0.2, -0.15) is 0 Å². The van der Waals surface area contributed by atoms with E-state index >= 15 is 0 Å². The maximum Gasteiger partial charge on any atom is 0.194 e. The molecule has 20 heavy (non-hydrogen) atoms. The number of hydrogen-bond donors (Lipinski definition) is 1. The molecule has 0 bridgehead atoms. The molecule has 0 saturated heterocycles. The zero-order valence-corrected chi connectivity index (χ0v) is 12.0. The molecule has 0 aliphatic heterocycles. The third kappa shape index (κ3) is 2.86. The monoisotopic (exact) mass is 300 g/mol. The van der Waals surface area contributed by atoms with Crippen molar-refractivity contribution in [2.45, 2.75) is 26.3 Å². The zero-order chi connectivity index (χ0) is 14.7. The lowest BCUT2D eigenvalue weighted by Crippen LogP contribution is -2.24. The SMILES string of the molecule is CCCNC(c1ccc(F)c(F)c1F)c1scnc1C. The van der Waals surface area contributed by atoms with Gasteiger partial charge >= 0.3 is 0 Å². The third-order valence-corrected chi connectivity index (χ3v) is 4.02. The lowest BCUT2D eigenvalue weighted by Gasteiger charge is -2.19. The summed E-state index contributed by atoms with van der Waals surface area (Å²) in [5, 5.41) is 3.16. The molecule has 0 aliphatic rings. The Labute approximate surface area is 119 Å². The van der Waals surface area contributed by atoms with E-state index in [-0.39, 0.29) is 5.56 Å². The van der Waals surface area contributed by atoms with Gasteiger partial charge in [-0.1, -0.05) is 13.0 Å². The Morgan fingerprint density at radius 1 is 1.25 bits per heavy atom. The molecule has 1 heterocycles. The molecule has 108 valence electrons. The Morgan fingerprint density at radius 2 is 2.00 bits per heavy atom. The van der Waals surface area contributed by atoms with E-state index in [1.807, 2.05) is 13.8 Å². The topological polar surface area (TPSA) is 24.9 Å². The molecule has 0 aliphatic carbocycles. The largest absolute Gasteiger partial charge is 0.305 e. The summed E-state index contributed by atoms with van der Waals surface area (Å²) in [7, 11) is 0. The van der Waals surface area contributed by atoms with Gasteiger partial charge in [-0.25, -0.2) is 18.2 Å². The van der Waals surface area contributed by atoms with Crippen molar-refractivity contribution in [1.29, 1.82) is 0 Å². The maximum absolute atomic E-state index is 14.0. The van der Waals surface area contributed by atoms with Gasteiger partial charge in [0.05, 0.1) is 17.2 Å². The molecule has 1 N–H and O–H groups in total. The van der Waals surface area contributed by atoms with Crippen LogP contribution in [-0.2, 0) is 0 Å². The van der Waals surface area contributed by atoms with Crippen LogP contribution in [0.4, 0.5) is 13.2 Å². The molecule has 2 nitrogen and oxygen atoms in total. The van der Waals surface area contributed by atoms with Gasteiger partial charge in [-0.15, -0.1) is 11.3 Å². The highest BCUT2D eigenvalue weighted by Crippen LogP contribution is 2.31. The van der Waals surface area contributed by atoms with Crippen LogP contribution in [0.5, 0.6) is 0 Å². The molecule has 0 radical (unpaired) electrons. The van der Waals surface area contributed by atoms with Crippen LogP contribution < -0.4 is 5.32 Å². The number of nitrogens with zero attached hydrogens (tertiary/aromatic N) is 1. The number of aromatic nitrogens is 1. The summed E-state index contributed by atoms with van der Waals surface area (Å²) in [6.45, 7) is 4.43. The second-order valence-electron chi connectivity index (χ2n) is 4.45. The highest BCUT2D eigenvalue weighted by Gasteiger charge is 2.24. The van der Waals surface area contributed by atoms with Crippen molar-refractivity contribution in [3.63, 3.8) is 0 Å². The molecule has 0 amide bonds. The zero-order valence-electron chi connectivity index (χ0n) is 11.2. The van der Waals surface area contributed by atoms with Crippen molar-refractivity contribution in [3.05, 3.63) is 51.2 Å². The molecule has 0 fully saturated rings. The number of halogens is 3. The van der Waals surface area contributed by atoms with Gasteiger partial charge in [-0.05, 0) is 26.0 Å². The molecule has 1 unspecified atom stereocenters. The van der Waals surface area contributed by atoms with Crippen LogP contribution in [0, 0.1) is 24.4 Å². The summed E-state index contributed by atoms with van der Waals surface area (Å²) in [6.07, 6.45) is 0.847. The number of benzene rings is 1. The van der Waals surface area contributed by atoms with E-state index in [1.165, 1.54) is 17.4 Å². The van der Waals surface area contributed by atoms with Crippen molar-refractivity contribution in [1.82, 2.24) is 10.3 Å². The molecule has 1 aromatic carbocycles. The molecular weight excluding hydrogens is 285 g/mol. The minimum absolute atomic E-state index is 0.102. The molecule has 1 atom stereocenters. The average Bonchev–Trinajstić information content (AvgIpc) is 2.85. The fourth-order valence-corrected chi connectivity index (χ4v) is 2.88. The minimum Gasteiger partial charge on any atom is -0.305 e. The van der Waals surface area contributed by atoms with Crippen LogP contribution in [0.1, 0.15) is 35.5 Å². The number of aryl methyl sites for hydroxylation is 1. The lowest BCUT2D eigenvalue weighted by molar-refractivity contribution is 0.432. The Hall–Kier alpha value is -1.40. The van der Waals surface area contributed by atoms with E-state index in [2.05, 4.69) is 10.3 Å². The van der Waals surface area contributed by atoms with Gasteiger partial charge < -0.3 is 5.32 Å². The second kappa shape index (κ2) is 6.37. The Morgan fingerprint density at radius 3 is 2.60 bits per heavy atom.